The molecule has 1 aliphatic rings. The maximum absolute atomic E-state index is 9.87. The highest BCUT2D eigenvalue weighted by Crippen LogP contribution is 2.26. The Morgan fingerprint density at radius 3 is 2.54 bits per heavy atom. The Morgan fingerprint density at radius 2 is 1.92 bits per heavy atom. The van der Waals surface area contributed by atoms with Gasteiger partial charge in [0.1, 0.15) is 0 Å². The molecule has 4 heteroatoms. The van der Waals surface area contributed by atoms with E-state index in [1.165, 1.54) is 11.1 Å². The molecule has 1 aromatic rings. The van der Waals surface area contributed by atoms with E-state index in [0.717, 1.165) is 30.5 Å². The summed E-state index contributed by atoms with van der Waals surface area (Å²) in [5.74, 6) is 0. The third kappa shape index (κ3) is 6.43. The quantitative estimate of drug-likeness (QED) is 0.718. The van der Waals surface area contributed by atoms with Gasteiger partial charge in [0.15, 0.2) is 0 Å². The fraction of sp³-hybridized carbons (Fsp3) is 0.500. The van der Waals surface area contributed by atoms with Crippen LogP contribution in [-0.2, 0) is 4.74 Å². The molecule has 1 heterocycles. The van der Waals surface area contributed by atoms with Crippen LogP contribution < -0.4 is 5.43 Å². The van der Waals surface area contributed by atoms with Gasteiger partial charge in [-0.1, -0.05) is 43.3 Å². The SMILES string of the molecule is CC/C(=C\CC(C)(C)OCC(C)(C)O)C1=CNN=C(c2ccccc2)C1. The summed E-state index contributed by atoms with van der Waals surface area (Å²) in [6, 6.07) is 10.3. The van der Waals surface area contributed by atoms with Crippen LogP contribution in [0.1, 0.15) is 59.4 Å². The normalized spacial score (nSPS) is 16.0. The molecule has 4 nitrogen and oxygen atoms in total. The van der Waals surface area contributed by atoms with E-state index >= 15 is 0 Å². The first-order chi connectivity index (χ1) is 12.2. The number of hydrogen-bond donors (Lipinski definition) is 2. The van der Waals surface area contributed by atoms with Gasteiger partial charge in [0.05, 0.1) is 23.5 Å². The molecule has 0 aliphatic carbocycles. The first-order valence-corrected chi connectivity index (χ1v) is 9.32. The number of benzene rings is 1. The van der Waals surface area contributed by atoms with E-state index in [1.807, 2.05) is 24.4 Å². The van der Waals surface area contributed by atoms with Gasteiger partial charge in [-0.25, -0.2) is 0 Å². The van der Waals surface area contributed by atoms with E-state index in [1.54, 1.807) is 13.8 Å². The van der Waals surface area contributed by atoms with E-state index in [-0.39, 0.29) is 5.60 Å². The maximum atomic E-state index is 9.87. The third-order valence-corrected chi connectivity index (χ3v) is 4.35. The summed E-state index contributed by atoms with van der Waals surface area (Å²) < 4.78 is 5.91. The van der Waals surface area contributed by atoms with Crippen LogP contribution >= 0.6 is 0 Å². The third-order valence-electron chi connectivity index (χ3n) is 4.35. The van der Waals surface area contributed by atoms with Gasteiger partial charge in [-0.05, 0) is 57.2 Å². The van der Waals surface area contributed by atoms with Crippen LogP contribution in [0.2, 0.25) is 0 Å². The Balaban J connectivity index is 2.03. The van der Waals surface area contributed by atoms with E-state index in [2.05, 4.69) is 49.5 Å². The van der Waals surface area contributed by atoms with Crippen molar-refractivity contribution in [3.8, 4) is 0 Å². The highest BCUT2D eigenvalue weighted by Gasteiger charge is 2.23. The molecule has 26 heavy (non-hydrogen) atoms. The number of allylic oxidation sites excluding steroid dienone is 2. The minimum absolute atomic E-state index is 0.320. The second kappa shape index (κ2) is 8.65. The Hall–Kier alpha value is -1.91. The molecule has 0 bridgehead atoms. The monoisotopic (exact) mass is 356 g/mol. The van der Waals surface area contributed by atoms with Gasteiger partial charge in [-0.15, -0.1) is 0 Å². The van der Waals surface area contributed by atoms with Crippen molar-refractivity contribution < 1.29 is 9.84 Å². The molecule has 0 unspecified atom stereocenters. The molecule has 0 atom stereocenters. The lowest BCUT2D eigenvalue weighted by molar-refractivity contribution is -0.0894. The van der Waals surface area contributed by atoms with Gasteiger partial charge < -0.3 is 9.84 Å². The van der Waals surface area contributed by atoms with E-state index in [4.69, 9.17) is 4.74 Å². The fourth-order valence-corrected chi connectivity index (χ4v) is 2.76. The van der Waals surface area contributed by atoms with Crippen molar-refractivity contribution in [2.24, 2.45) is 5.10 Å². The number of rotatable bonds is 8. The number of nitrogens with one attached hydrogen (secondary N) is 1. The highest BCUT2D eigenvalue weighted by atomic mass is 16.5. The molecule has 0 amide bonds. The van der Waals surface area contributed by atoms with Gasteiger partial charge in [-0.2, -0.15) is 5.10 Å². The summed E-state index contributed by atoms with van der Waals surface area (Å²) in [6.45, 7) is 10.1. The van der Waals surface area contributed by atoms with Crippen LogP contribution in [0.25, 0.3) is 0 Å². The Bertz CT molecular complexity index is 680. The summed E-state index contributed by atoms with van der Waals surface area (Å²) in [5.41, 5.74) is 6.70. The molecule has 1 aliphatic heterocycles. The van der Waals surface area contributed by atoms with Gasteiger partial charge in [0.2, 0.25) is 0 Å². The average molecular weight is 357 g/mol. The van der Waals surface area contributed by atoms with Gasteiger partial charge >= 0.3 is 0 Å². The van der Waals surface area contributed by atoms with E-state index in [9.17, 15) is 5.11 Å². The predicted molar refractivity (Wildman–Crippen MR) is 108 cm³/mol. The number of nitrogens with zero attached hydrogens (tertiary/aromatic N) is 1. The first kappa shape index (κ1) is 20.4. The molecule has 1 aromatic carbocycles. The molecule has 0 fully saturated rings. The molecule has 142 valence electrons. The Labute approximate surface area is 157 Å². The van der Waals surface area contributed by atoms with Gasteiger partial charge in [0, 0.05) is 12.6 Å². The largest absolute Gasteiger partial charge is 0.388 e. The lowest BCUT2D eigenvalue weighted by Gasteiger charge is -2.29. The lowest BCUT2D eigenvalue weighted by Crippen LogP contribution is -2.34. The van der Waals surface area contributed by atoms with Crippen molar-refractivity contribution in [2.75, 3.05) is 6.61 Å². The minimum Gasteiger partial charge on any atom is -0.388 e. The summed E-state index contributed by atoms with van der Waals surface area (Å²) in [5, 5.41) is 14.3. The number of hydrogen-bond acceptors (Lipinski definition) is 4. The zero-order valence-electron chi connectivity index (χ0n) is 16.7. The van der Waals surface area contributed by atoms with Crippen molar-refractivity contribution in [3.05, 3.63) is 59.3 Å². The van der Waals surface area contributed by atoms with Crippen molar-refractivity contribution in [1.29, 1.82) is 0 Å². The van der Waals surface area contributed by atoms with E-state index < -0.39 is 5.60 Å². The molecule has 0 saturated carbocycles. The molecule has 2 rings (SSSR count). The van der Waals surface area contributed by atoms with Crippen molar-refractivity contribution in [2.45, 2.75) is 65.1 Å². The first-order valence-electron chi connectivity index (χ1n) is 9.32. The summed E-state index contributed by atoms with van der Waals surface area (Å²) in [4.78, 5) is 0. The summed E-state index contributed by atoms with van der Waals surface area (Å²) >= 11 is 0. The van der Waals surface area contributed by atoms with Crippen LogP contribution in [0.5, 0.6) is 0 Å². The van der Waals surface area contributed by atoms with Crippen molar-refractivity contribution in [1.82, 2.24) is 5.43 Å². The zero-order valence-corrected chi connectivity index (χ0v) is 16.7. The van der Waals surface area contributed by atoms with Crippen molar-refractivity contribution in [3.63, 3.8) is 0 Å². The summed E-state index contributed by atoms with van der Waals surface area (Å²) in [6.07, 6.45) is 6.82. The Kier molecular flexibility index (Phi) is 6.79. The topological polar surface area (TPSA) is 53.9 Å². The predicted octanol–water partition coefficient (Wildman–Crippen LogP) is 4.56. The number of ether oxygens (including phenoxy) is 1. The van der Waals surface area contributed by atoms with Gasteiger partial charge in [-0.3, -0.25) is 5.43 Å². The smallest absolute Gasteiger partial charge is 0.0824 e. The fourth-order valence-electron chi connectivity index (χ4n) is 2.76. The second-order valence-corrected chi connectivity index (χ2v) is 8.05. The summed E-state index contributed by atoms with van der Waals surface area (Å²) in [7, 11) is 0. The molecule has 0 spiro atoms. The highest BCUT2D eigenvalue weighted by molar-refractivity contribution is 6.02. The number of hydrazone groups is 1. The van der Waals surface area contributed by atoms with Crippen LogP contribution in [0.15, 0.2) is 58.9 Å². The lowest BCUT2D eigenvalue weighted by atomic mass is 9.92. The maximum Gasteiger partial charge on any atom is 0.0824 e. The number of aliphatic hydroxyl groups is 1. The van der Waals surface area contributed by atoms with Crippen LogP contribution in [-0.4, -0.2) is 28.6 Å². The van der Waals surface area contributed by atoms with Crippen LogP contribution in [0.4, 0.5) is 0 Å². The molecular formula is C22H32N2O2. The zero-order chi connectivity index (χ0) is 19.2. The van der Waals surface area contributed by atoms with E-state index in [0.29, 0.717) is 6.61 Å². The average Bonchev–Trinajstić information content (AvgIpc) is 2.61. The Morgan fingerprint density at radius 1 is 1.23 bits per heavy atom. The second-order valence-electron chi connectivity index (χ2n) is 8.05. The van der Waals surface area contributed by atoms with Gasteiger partial charge in [0.25, 0.3) is 0 Å². The molecular weight excluding hydrogens is 324 g/mol. The molecule has 2 N–H and O–H groups in total. The van der Waals surface area contributed by atoms with Crippen molar-refractivity contribution >= 4 is 5.71 Å². The molecule has 0 aromatic heterocycles. The standard InChI is InChI=1S/C22H32N2O2/c1-6-17(12-13-22(4,5)26-16-21(2,3)25)19-14-20(24-23-15-19)18-10-8-7-9-11-18/h7-12,15,23,25H,6,13-14,16H2,1-5H3/b17-12+. The van der Waals surface area contributed by atoms with Crippen LogP contribution in [0, 0.1) is 0 Å². The molecule has 0 saturated heterocycles. The van der Waals surface area contributed by atoms with Crippen LogP contribution in [0.3, 0.4) is 0 Å². The minimum atomic E-state index is -0.814. The molecule has 0 radical (unpaired) electrons.